The zero-order valence-electron chi connectivity index (χ0n) is 18.7. The summed E-state index contributed by atoms with van der Waals surface area (Å²) in [6.07, 6.45) is 2.68. The van der Waals surface area contributed by atoms with Gasteiger partial charge in [0.2, 0.25) is 5.91 Å². The first-order chi connectivity index (χ1) is 15.9. The summed E-state index contributed by atoms with van der Waals surface area (Å²) in [7, 11) is 0. The summed E-state index contributed by atoms with van der Waals surface area (Å²) in [4.78, 5) is 27.4. The molecule has 1 aliphatic heterocycles. The molecule has 1 heterocycles. The van der Waals surface area contributed by atoms with Gasteiger partial charge in [-0.1, -0.05) is 11.6 Å². The number of piperazine rings is 1. The van der Waals surface area contributed by atoms with Gasteiger partial charge in [-0.25, -0.2) is 0 Å². The van der Waals surface area contributed by atoms with Crippen LogP contribution < -0.4 is 10.2 Å². The van der Waals surface area contributed by atoms with Crippen LogP contribution in [0, 0.1) is 17.0 Å². The maximum Gasteiger partial charge on any atom is 0.272 e. The number of nitro groups is 1. The Hall–Kier alpha value is -2.84. The van der Waals surface area contributed by atoms with Gasteiger partial charge in [-0.3, -0.25) is 14.9 Å². The number of nitro benzene ring substituents is 1. The van der Waals surface area contributed by atoms with Crippen molar-refractivity contribution >= 4 is 34.6 Å². The summed E-state index contributed by atoms with van der Waals surface area (Å²) in [6.45, 7) is 4.78. The SMILES string of the molecule is Cc1cc(N[C@@H]2CCC(OCC(=O)N3CCN(c4ccc(Cl)cc4)CC3)C2)ccc1[N+](=O)[O-]. The highest BCUT2D eigenvalue weighted by atomic mass is 35.5. The lowest BCUT2D eigenvalue weighted by Crippen LogP contribution is -2.50. The highest BCUT2D eigenvalue weighted by Crippen LogP contribution is 2.28. The van der Waals surface area contributed by atoms with Crippen molar-refractivity contribution in [2.45, 2.75) is 38.3 Å². The highest BCUT2D eigenvalue weighted by molar-refractivity contribution is 6.30. The molecule has 1 aliphatic carbocycles. The van der Waals surface area contributed by atoms with Gasteiger partial charge in [0.05, 0.1) is 11.0 Å². The molecule has 2 atom stereocenters. The Morgan fingerprint density at radius 2 is 1.88 bits per heavy atom. The molecule has 2 aromatic carbocycles. The van der Waals surface area contributed by atoms with Crippen LogP contribution in [0.1, 0.15) is 24.8 Å². The Morgan fingerprint density at radius 1 is 1.15 bits per heavy atom. The summed E-state index contributed by atoms with van der Waals surface area (Å²) in [6, 6.07) is 13.1. The lowest BCUT2D eigenvalue weighted by atomic mass is 10.1. The van der Waals surface area contributed by atoms with E-state index in [1.54, 1.807) is 19.1 Å². The van der Waals surface area contributed by atoms with Gasteiger partial charge in [0.25, 0.3) is 5.69 Å². The lowest BCUT2D eigenvalue weighted by Gasteiger charge is -2.36. The number of anilines is 2. The van der Waals surface area contributed by atoms with Crippen LogP contribution >= 0.6 is 11.6 Å². The molecule has 1 amide bonds. The fraction of sp³-hybridized carbons (Fsp3) is 0.458. The smallest absolute Gasteiger partial charge is 0.272 e. The van der Waals surface area contributed by atoms with Crippen LogP contribution in [-0.4, -0.2) is 60.7 Å². The van der Waals surface area contributed by atoms with Crippen LogP contribution in [0.3, 0.4) is 0 Å². The highest BCUT2D eigenvalue weighted by Gasteiger charge is 2.28. The molecule has 176 valence electrons. The number of hydrogen-bond donors (Lipinski definition) is 1. The van der Waals surface area contributed by atoms with Gasteiger partial charge in [0.1, 0.15) is 6.61 Å². The van der Waals surface area contributed by atoms with Crippen molar-refractivity contribution in [3.63, 3.8) is 0 Å². The fourth-order valence-corrected chi connectivity index (χ4v) is 4.68. The first kappa shape index (κ1) is 23.3. The second-order valence-corrected chi connectivity index (χ2v) is 9.13. The summed E-state index contributed by atoms with van der Waals surface area (Å²) in [5.74, 6) is 0.0353. The minimum atomic E-state index is -0.368. The van der Waals surface area contributed by atoms with Gasteiger partial charge < -0.3 is 19.9 Å². The minimum absolute atomic E-state index is 0.0353. The quantitative estimate of drug-likeness (QED) is 0.478. The Morgan fingerprint density at radius 3 is 2.55 bits per heavy atom. The molecule has 9 heteroatoms. The Labute approximate surface area is 198 Å². The van der Waals surface area contributed by atoms with Crippen molar-refractivity contribution in [2.24, 2.45) is 0 Å². The van der Waals surface area contributed by atoms with Crippen LogP contribution in [0.15, 0.2) is 42.5 Å². The molecule has 1 saturated heterocycles. The summed E-state index contributed by atoms with van der Waals surface area (Å²) < 4.78 is 5.94. The molecular weight excluding hydrogens is 444 g/mol. The standard InChI is InChI=1S/C24H29ClN4O4/c1-17-14-19(5-9-23(17)29(31)32)26-20-4-8-22(15-20)33-16-24(30)28-12-10-27(11-13-28)21-6-2-18(25)3-7-21/h2-3,5-7,9,14,20,22,26H,4,8,10-13,15-16H2,1H3/t20-,22?/m1/s1. The maximum absolute atomic E-state index is 12.6. The monoisotopic (exact) mass is 472 g/mol. The number of nitrogens with zero attached hydrogens (tertiary/aromatic N) is 3. The molecule has 0 aromatic heterocycles. The molecule has 0 spiro atoms. The third kappa shape index (κ3) is 5.94. The van der Waals surface area contributed by atoms with E-state index in [2.05, 4.69) is 10.2 Å². The van der Waals surface area contributed by atoms with Gasteiger partial charge in [0, 0.05) is 60.2 Å². The predicted molar refractivity (Wildman–Crippen MR) is 129 cm³/mol. The fourth-order valence-electron chi connectivity index (χ4n) is 4.55. The molecule has 8 nitrogen and oxygen atoms in total. The molecule has 1 N–H and O–H groups in total. The zero-order chi connectivity index (χ0) is 23.4. The normalized spacial score (nSPS) is 20.7. The second kappa shape index (κ2) is 10.4. The first-order valence-electron chi connectivity index (χ1n) is 11.3. The van der Waals surface area contributed by atoms with E-state index in [-0.39, 0.29) is 35.3 Å². The van der Waals surface area contributed by atoms with Crippen LogP contribution in [0.4, 0.5) is 17.1 Å². The molecule has 33 heavy (non-hydrogen) atoms. The topological polar surface area (TPSA) is 88.0 Å². The van der Waals surface area contributed by atoms with Gasteiger partial charge in [0.15, 0.2) is 0 Å². The van der Waals surface area contributed by atoms with E-state index >= 15 is 0 Å². The van der Waals surface area contributed by atoms with Gasteiger partial charge in [-0.15, -0.1) is 0 Å². The first-order valence-corrected chi connectivity index (χ1v) is 11.7. The minimum Gasteiger partial charge on any atom is -0.382 e. The number of halogens is 1. The summed E-state index contributed by atoms with van der Waals surface area (Å²) in [5, 5.41) is 15.1. The molecule has 2 aliphatic rings. The number of carbonyl (C=O) groups is 1. The second-order valence-electron chi connectivity index (χ2n) is 8.69. The molecule has 2 fully saturated rings. The third-order valence-corrected chi connectivity index (χ3v) is 6.67. The van der Waals surface area contributed by atoms with Gasteiger partial charge >= 0.3 is 0 Å². The maximum atomic E-state index is 12.6. The Kier molecular flexibility index (Phi) is 7.35. The zero-order valence-corrected chi connectivity index (χ0v) is 19.5. The van der Waals surface area contributed by atoms with E-state index in [1.165, 1.54) is 6.07 Å². The van der Waals surface area contributed by atoms with Gasteiger partial charge in [-0.2, -0.15) is 0 Å². The molecule has 4 rings (SSSR count). The van der Waals surface area contributed by atoms with Crippen molar-refractivity contribution in [3.8, 4) is 0 Å². The average Bonchev–Trinajstić information content (AvgIpc) is 3.25. The molecule has 1 unspecified atom stereocenters. The van der Waals surface area contributed by atoms with E-state index in [9.17, 15) is 14.9 Å². The number of amides is 1. The predicted octanol–water partition coefficient (Wildman–Crippen LogP) is 4.26. The molecule has 0 bridgehead atoms. The van der Waals surface area contributed by atoms with Crippen LogP contribution in [0.25, 0.3) is 0 Å². The Balaban J connectivity index is 1.19. The van der Waals surface area contributed by atoms with E-state index in [0.717, 1.165) is 48.7 Å². The largest absolute Gasteiger partial charge is 0.382 e. The van der Waals surface area contributed by atoms with E-state index < -0.39 is 0 Å². The molecular formula is C24H29ClN4O4. The number of hydrogen-bond acceptors (Lipinski definition) is 6. The van der Waals surface area contributed by atoms with Crippen molar-refractivity contribution in [3.05, 3.63) is 63.2 Å². The number of rotatable bonds is 7. The average molecular weight is 473 g/mol. The van der Waals surface area contributed by atoms with Crippen molar-refractivity contribution < 1.29 is 14.5 Å². The van der Waals surface area contributed by atoms with E-state index in [1.807, 2.05) is 29.2 Å². The van der Waals surface area contributed by atoms with Crippen molar-refractivity contribution in [2.75, 3.05) is 43.0 Å². The van der Waals surface area contributed by atoms with Gasteiger partial charge in [-0.05, 0) is 62.6 Å². The van der Waals surface area contributed by atoms with Crippen molar-refractivity contribution in [1.82, 2.24) is 4.90 Å². The number of benzene rings is 2. The number of ether oxygens (including phenoxy) is 1. The van der Waals surface area contributed by atoms with Crippen molar-refractivity contribution in [1.29, 1.82) is 0 Å². The van der Waals surface area contributed by atoms with E-state index in [4.69, 9.17) is 16.3 Å². The van der Waals surface area contributed by atoms with Crippen LogP contribution in [-0.2, 0) is 9.53 Å². The number of carbonyl (C=O) groups excluding carboxylic acids is 1. The molecule has 1 saturated carbocycles. The lowest BCUT2D eigenvalue weighted by molar-refractivity contribution is -0.385. The Bertz CT molecular complexity index is 992. The number of nitrogens with one attached hydrogen (secondary N) is 1. The van der Waals surface area contributed by atoms with Crippen LogP contribution in [0.5, 0.6) is 0 Å². The molecule has 0 radical (unpaired) electrons. The number of aryl methyl sites for hydroxylation is 1. The summed E-state index contributed by atoms with van der Waals surface area (Å²) >= 11 is 5.96. The summed E-state index contributed by atoms with van der Waals surface area (Å²) in [5.41, 5.74) is 2.76. The van der Waals surface area contributed by atoms with Crippen LogP contribution in [0.2, 0.25) is 5.02 Å². The van der Waals surface area contributed by atoms with E-state index in [0.29, 0.717) is 18.7 Å². The molecule has 2 aromatic rings. The third-order valence-electron chi connectivity index (χ3n) is 6.42.